The Morgan fingerprint density at radius 3 is 2.30 bits per heavy atom. The Morgan fingerprint density at radius 2 is 1.74 bits per heavy atom. The van der Waals surface area contributed by atoms with Crippen LogP contribution in [0.2, 0.25) is 0 Å². The molecule has 1 amide bonds. The van der Waals surface area contributed by atoms with Gasteiger partial charge in [-0.2, -0.15) is 13.2 Å². The average molecular weight is 403 g/mol. The number of nitrogens with zero attached hydrogens (tertiary/aromatic N) is 1. The molecule has 0 fully saturated rings. The van der Waals surface area contributed by atoms with Gasteiger partial charge in [0.1, 0.15) is 6.54 Å². The fourth-order valence-electron chi connectivity index (χ4n) is 2.23. The number of alkyl halides is 3. The summed E-state index contributed by atoms with van der Waals surface area (Å²) in [7, 11) is -3.79. The van der Waals surface area contributed by atoms with Crippen LogP contribution in [0, 0.1) is 0 Å². The van der Waals surface area contributed by atoms with Gasteiger partial charge in [0.05, 0.1) is 10.5 Å². The third-order valence-electron chi connectivity index (χ3n) is 3.61. The first-order valence-corrected chi connectivity index (χ1v) is 9.17. The summed E-state index contributed by atoms with van der Waals surface area (Å²) in [5.74, 6) is -0.627. The van der Waals surface area contributed by atoms with E-state index in [-0.39, 0.29) is 11.4 Å². The SMILES string of the molecule is NS(=O)(=O)c1ccc(CCNC(=O)Cn2cc(C(F)(F)F)ccc2=O)cc1. The van der Waals surface area contributed by atoms with Crippen LogP contribution in [0.1, 0.15) is 11.1 Å². The van der Waals surface area contributed by atoms with Gasteiger partial charge in [-0.25, -0.2) is 13.6 Å². The quantitative estimate of drug-likeness (QED) is 0.746. The number of halogens is 3. The predicted molar refractivity (Wildman–Crippen MR) is 90.2 cm³/mol. The van der Waals surface area contributed by atoms with E-state index in [2.05, 4.69) is 5.32 Å². The van der Waals surface area contributed by atoms with Gasteiger partial charge >= 0.3 is 6.18 Å². The lowest BCUT2D eigenvalue weighted by Crippen LogP contribution is -2.33. The van der Waals surface area contributed by atoms with E-state index in [0.29, 0.717) is 23.3 Å². The topological polar surface area (TPSA) is 111 Å². The first-order chi connectivity index (χ1) is 12.5. The molecule has 0 saturated carbocycles. The van der Waals surface area contributed by atoms with Crippen LogP contribution in [-0.2, 0) is 34.0 Å². The monoisotopic (exact) mass is 403 g/mol. The Kier molecular flexibility index (Phi) is 6.06. The third kappa shape index (κ3) is 5.93. The van der Waals surface area contributed by atoms with Crippen molar-refractivity contribution in [3.05, 3.63) is 64.1 Å². The number of benzene rings is 1. The number of rotatable bonds is 6. The van der Waals surface area contributed by atoms with Crippen molar-refractivity contribution in [1.82, 2.24) is 9.88 Å². The molecule has 0 bridgehead atoms. The Labute approximate surface area is 152 Å². The summed E-state index contributed by atoms with van der Waals surface area (Å²) < 4.78 is 61.0. The Balaban J connectivity index is 1.93. The number of sulfonamides is 1. The number of nitrogens with two attached hydrogens (primary N) is 1. The average Bonchev–Trinajstić information content (AvgIpc) is 2.55. The van der Waals surface area contributed by atoms with Gasteiger partial charge in [-0.3, -0.25) is 9.59 Å². The molecule has 0 aliphatic carbocycles. The molecule has 0 unspecified atom stereocenters. The van der Waals surface area contributed by atoms with Gasteiger partial charge in [0.15, 0.2) is 0 Å². The highest BCUT2D eigenvalue weighted by Gasteiger charge is 2.31. The number of pyridine rings is 1. The number of carbonyl (C=O) groups is 1. The molecule has 0 saturated heterocycles. The van der Waals surface area contributed by atoms with Gasteiger partial charge in [0.2, 0.25) is 15.9 Å². The fourth-order valence-corrected chi connectivity index (χ4v) is 2.74. The predicted octanol–water partition coefficient (Wildman–Crippen LogP) is 0.873. The summed E-state index contributed by atoms with van der Waals surface area (Å²) in [6, 6.07) is 7.13. The number of nitrogens with one attached hydrogen (secondary N) is 1. The molecule has 1 aromatic carbocycles. The molecule has 0 aliphatic rings. The molecular weight excluding hydrogens is 387 g/mol. The van der Waals surface area contributed by atoms with Crippen molar-refractivity contribution < 1.29 is 26.4 Å². The molecule has 0 radical (unpaired) electrons. The summed E-state index contributed by atoms with van der Waals surface area (Å²) in [6.45, 7) is -0.394. The number of carbonyl (C=O) groups excluding carboxylic acids is 1. The van der Waals surface area contributed by atoms with Crippen molar-refractivity contribution in [3.63, 3.8) is 0 Å². The number of aromatic nitrogens is 1. The van der Waals surface area contributed by atoms with Gasteiger partial charge in [0.25, 0.3) is 5.56 Å². The van der Waals surface area contributed by atoms with E-state index in [4.69, 9.17) is 5.14 Å². The summed E-state index contributed by atoms with van der Waals surface area (Å²) in [4.78, 5) is 23.4. The lowest BCUT2D eigenvalue weighted by Gasteiger charge is -2.11. The van der Waals surface area contributed by atoms with Crippen LogP contribution in [0.25, 0.3) is 0 Å². The molecule has 2 aromatic rings. The van der Waals surface area contributed by atoms with Crippen LogP contribution in [0.15, 0.2) is 52.3 Å². The number of hydrogen-bond acceptors (Lipinski definition) is 4. The van der Waals surface area contributed by atoms with Crippen molar-refractivity contribution in [2.24, 2.45) is 5.14 Å². The smallest absolute Gasteiger partial charge is 0.354 e. The first kappa shape index (κ1) is 20.6. The van der Waals surface area contributed by atoms with E-state index >= 15 is 0 Å². The highest BCUT2D eigenvalue weighted by Crippen LogP contribution is 2.27. The number of hydrogen-bond donors (Lipinski definition) is 2. The number of amides is 1. The maximum Gasteiger partial charge on any atom is 0.417 e. The maximum absolute atomic E-state index is 12.7. The van der Waals surface area contributed by atoms with Crippen LogP contribution in [-0.4, -0.2) is 25.4 Å². The molecule has 1 heterocycles. The van der Waals surface area contributed by atoms with Crippen LogP contribution in [0.4, 0.5) is 13.2 Å². The Bertz CT molecular complexity index is 983. The summed E-state index contributed by atoms with van der Waals surface area (Å²) in [5.41, 5.74) is -1.03. The molecule has 1 aromatic heterocycles. The summed E-state index contributed by atoms with van der Waals surface area (Å²) in [6.07, 6.45) is -3.67. The van der Waals surface area contributed by atoms with E-state index in [1.54, 1.807) is 0 Å². The molecule has 0 aliphatic heterocycles. The Hall–Kier alpha value is -2.66. The second kappa shape index (κ2) is 7.92. The second-order valence-electron chi connectivity index (χ2n) is 5.67. The van der Waals surface area contributed by atoms with Gasteiger partial charge in [-0.05, 0) is 30.2 Å². The minimum Gasteiger partial charge on any atom is -0.354 e. The minimum absolute atomic E-state index is 0.0424. The molecule has 2 rings (SSSR count). The minimum atomic E-state index is -4.62. The zero-order valence-corrected chi connectivity index (χ0v) is 14.7. The van der Waals surface area contributed by atoms with Gasteiger partial charge < -0.3 is 9.88 Å². The summed E-state index contributed by atoms with van der Waals surface area (Å²) in [5, 5.41) is 7.47. The van der Waals surface area contributed by atoms with E-state index in [1.165, 1.54) is 24.3 Å². The molecule has 7 nitrogen and oxygen atoms in total. The van der Waals surface area contributed by atoms with Gasteiger partial charge in [-0.15, -0.1) is 0 Å². The van der Waals surface area contributed by atoms with Crippen molar-refractivity contribution in [3.8, 4) is 0 Å². The number of primary sulfonamides is 1. The van der Waals surface area contributed by atoms with Crippen molar-refractivity contribution in [1.29, 1.82) is 0 Å². The lowest BCUT2D eigenvalue weighted by atomic mass is 10.1. The highest BCUT2D eigenvalue weighted by molar-refractivity contribution is 7.89. The molecule has 11 heteroatoms. The standard InChI is InChI=1S/C16H16F3N3O4S/c17-16(18,19)12-3-6-15(24)22(9-12)10-14(23)21-8-7-11-1-4-13(5-2-11)27(20,25)26/h1-6,9H,7-8,10H2,(H,21,23)(H2,20,25,26). The molecule has 146 valence electrons. The normalized spacial score (nSPS) is 12.0. The molecule has 0 spiro atoms. The first-order valence-electron chi connectivity index (χ1n) is 7.63. The third-order valence-corrected chi connectivity index (χ3v) is 4.54. The van der Waals surface area contributed by atoms with Crippen molar-refractivity contribution >= 4 is 15.9 Å². The van der Waals surface area contributed by atoms with E-state index in [1.807, 2.05) is 0 Å². The molecule has 27 heavy (non-hydrogen) atoms. The van der Waals surface area contributed by atoms with Crippen molar-refractivity contribution in [2.75, 3.05) is 6.54 Å². The second-order valence-corrected chi connectivity index (χ2v) is 7.23. The van der Waals surface area contributed by atoms with E-state index < -0.39 is 39.8 Å². The van der Waals surface area contributed by atoms with E-state index in [0.717, 1.165) is 11.6 Å². The lowest BCUT2D eigenvalue weighted by molar-refractivity contribution is -0.138. The highest BCUT2D eigenvalue weighted by atomic mass is 32.2. The van der Waals surface area contributed by atoms with Crippen molar-refractivity contribution in [2.45, 2.75) is 24.0 Å². The van der Waals surface area contributed by atoms with Crippen LogP contribution in [0.5, 0.6) is 0 Å². The van der Waals surface area contributed by atoms with Gasteiger partial charge in [0, 0.05) is 18.8 Å². The zero-order chi connectivity index (χ0) is 20.2. The molecule has 3 N–H and O–H groups in total. The maximum atomic E-state index is 12.7. The Morgan fingerprint density at radius 1 is 1.11 bits per heavy atom. The largest absolute Gasteiger partial charge is 0.417 e. The van der Waals surface area contributed by atoms with Crippen LogP contribution < -0.4 is 16.0 Å². The zero-order valence-electron chi connectivity index (χ0n) is 13.9. The summed E-state index contributed by atoms with van der Waals surface area (Å²) >= 11 is 0. The van der Waals surface area contributed by atoms with E-state index in [9.17, 15) is 31.2 Å². The van der Waals surface area contributed by atoms with Gasteiger partial charge in [-0.1, -0.05) is 12.1 Å². The fraction of sp³-hybridized carbons (Fsp3) is 0.250. The van der Waals surface area contributed by atoms with Crippen LogP contribution in [0.3, 0.4) is 0 Å². The van der Waals surface area contributed by atoms with Crippen LogP contribution >= 0.6 is 0 Å². The molecular formula is C16H16F3N3O4S. The molecule has 0 atom stereocenters.